The molecule has 1 aliphatic heterocycles. The van der Waals surface area contributed by atoms with Gasteiger partial charge in [-0.05, 0) is 35.9 Å². The fourth-order valence-electron chi connectivity index (χ4n) is 2.71. The van der Waals surface area contributed by atoms with Crippen LogP contribution in [-0.4, -0.2) is 43.6 Å². The van der Waals surface area contributed by atoms with E-state index < -0.39 is 0 Å². The van der Waals surface area contributed by atoms with Crippen molar-refractivity contribution in [3.05, 3.63) is 65.5 Å². The highest BCUT2D eigenvalue weighted by Gasteiger charge is 2.18. The average Bonchev–Trinajstić information content (AvgIpc) is 2.64. The molecule has 0 spiro atoms. The van der Waals surface area contributed by atoms with Gasteiger partial charge >= 0.3 is 0 Å². The van der Waals surface area contributed by atoms with Crippen molar-refractivity contribution in [2.24, 2.45) is 0 Å². The number of amides is 1. The van der Waals surface area contributed by atoms with E-state index in [0.717, 1.165) is 31.7 Å². The Morgan fingerprint density at radius 1 is 1.12 bits per heavy atom. The number of halogens is 1. The first-order valence-corrected chi connectivity index (χ1v) is 8.20. The fourth-order valence-corrected chi connectivity index (χ4v) is 2.71. The predicted molar refractivity (Wildman–Crippen MR) is 90.8 cm³/mol. The second-order valence-electron chi connectivity index (χ2n) is 5.79. The van der Waals surface area contributed by atoms with E-state index in [9.17, 15) is 9.18 Å². The average molecular weight is 328 g/mol. The Morgan fingerprint density at radius 2 is 1.88 bits per heavy atom. The van der Waals surface area contributed by atoms with Gasteiger partial charge in [-0.2, -0.15) is 0 Å². The third-order valence-electron chi connectivity index (χ3n) is 4.06. The van der Waals surface area contributed by atoms with E-state index in [4.69, 9.17) is 4.74 Å². The number of benzene rings is 2. The van der Waals surface area contributed by atoms with Crippen LogP contribution in [0.5, 0.6) is 5.75 Å². The van der Waals surface area contributed by atoms with Gasteiger partial charge in [-0.15, -0.1) is 0 Å². The highest BCUT2D eigenvalue weighted by atomic mass is 19.1. The van der Waals surface area contributed by atoms with E-state index in [2.05, 4.69) is 5.32 Å². The molecule has 126 valence electrons. The van der Waals surface area contributed by atoms with E-state index in [1.54, 1.807) is 18.2 Å². The van der Waals surface area contributed by atoms with Crippen LogP contribution in [0, 0.1) is 5.82 Å². The summed E-state index contributed by atoms with van der Waals surface area (Å²) in [4.78, 5) is 14.3. The molecular weight excluding hydrogens is 307 g/mol. The van der Waals surface area contributed by atoms with Gasteiger partial charge in [0.05, 0.1) is 6.61 Å². The number of nitrogens with zero attached hydrogens (tertiary/aromatic N) is 1. The molecule has 4 nitrogen and oxygen atoms in total. The Balaban J connectivity index is 1.56. The van der Waals surface area contributed by atoms with Crippen molar-refractivity contribution in [2.75, 3.05) is 32.8 Å². The van der Waals surface area contributed by atoms with Crippen molar-refractivity contribution in [3.8, 4) is 5.75 Å². The van der Waals surface area contributed by atoms with E-state index >= 15 is 0 Å². The number of ether oxygens (including phenoxy) is 1. The van der Waals surface area contributed by atoms with Gasteiger partial charge in [-0.1, -0.05) is 18.2 Å². The number of hydrogen-bond acceptors (Lipinski definition) is 3. The van der Waals surface area contributed by atoms with Crippen LogP contribution in [0.25, 0.3) is 0 Å². The van der Waals surface area contributed by atoms with Crippen molar-refractivity contribution in [2.45, 2.75) is 6.42 Å². The van der Waals surface area contributed by atoms with Gasteiger partial charge < -0.3 is 15.0 Å². The van der Waals surface area contributed by atoms with Crippen molar-refractivity contribution in [1.29, 1.82) is 0 Å². The Morgan fingerprint density at radius 3 is 2.62 bits per heavy atom. The smallest absolute Gasteiger partial charge is 0.254 e. The molecule has 5 heteroatoms. The molecule has 0 radical (unpaired) electrons. The zero-order valence-electron chi connectivity index (χ0n) is 13.5. The molecule has 24 heavy (non-hydrogen) atoms. The maximum atomic E-state index is 12.9. The van der Waals surface area contributed by atoms with Gasteiger partial charge in [-0.3, -0.25) is 4.79 Å². The van der Waals surface area contributed by atoms with Crippen LogP contribution in [0.2, 0.25) is 0 Å². The SMILES string of the molecule is O=C(c1cccc(OCCc2ccc(F)cc2)c1)N1CCNCC1. The summed E-state index contributed by atoms with van der Waals surface area (Å²) < 4.78 is 18.6. The minimum atomic E-state index is -0.237. The molecule has 1 fully saturated rings. The van der Waals surface area contributed by atoms with Crippen LogP contribution < -0.4 is 10.1 Å². The lowest BCUT2D eigenvalue weighted by molar-refractivity contribution is 0.0735. The number of carbonyl (C=O) groups excluding carboxylic acids is 1. The maximum absolute atomic E-state index is 12.9. The van der Waals surface area contributed by atoms with E-state index in [1.165, 1.54) is 12.1 Å². The summed E-state index contributed by atoms with van der Waals surface area (Å²) in [6.07, 6.45) is 0.691. The number of carbonyl (C=O) groups is 1. The Kier molecular flexibility index (Phi) is 5.43. The Bertz CT molecular complexity index is 682. The molecule has 0 unspecified atom stereocenters. The first kappa shape index (κ1) is 16.5. The van der Waals surface area contributed by atoms with E-state index in [0.29, 0.717) is 24.3 Å². The van der Waals surface area contributed by atoms with Gasteiger partial charge in [-0.25, -0.2) is 4.39 Å². The minimum Gasteiger partial charge on any atom is -0.493 e. The van der Waals surface area contributed by atoms with Crippen LogP contribution in [0.4, 0.5) is 4.39 Å². The second-order valence-corrected chi connectivity index (χ2v) is 5.79. The molecule has 0 aliphatic carbocycles. The maximum Gasteiger partial charge on any atom is 0.254 e. The van der Waals surface area contributed by atoms with Crippen LogP contribution >= 0.6 is 0 Å². The molecule has 1 saturated heterocycles. The highest BCUT2D eigenvalue weighted by molar-refractivity contribution is 5.94. The van der Waals surface area contributed by atoms with Crippen LogP contribution in [0.15, 0.2) is 48.5 Å². The van der Waals surface area contributed by atoms with E-state index in [-0.39, 0.29) is 11.7 Å². The summed E-state index contributed by atoms with van der Waals surface area (Å²) >= 11 is 0. The molecule has 0 saturated carbocycles. The molecule has 3 rings (SSSR count). The van der Waals surface area contributed by atoms with Crippen LogP contribution in [-0.2, 0) is 6.42 Å². The lowest BCUT2D eigenvalue weighted by Crippen LogP contribution is -2.46. The highest BCUT2D eigenvalue weighted by Crippen LogP contribution is 2.16. The van der Waals surface area contributed by atoms with Gasteiger partial charge in [0.1, 0.15) is 11.6 Å². The summed E-state index contributed by atoms with van der Waals surface area (Å²) in [6, 6.07) is 13.7. The molecule has 1 heterocycles. The molecular formula is C19H21FN2O2. The Hall–Kier alpha value is -2.40. The summed E-state index contributed by atoms with van der Waals surface area (Å²) in [5, 5.41) is 3.24. The quantitative estimate of drug-likeness (QED) is 0.917. The molecule has 1 aliphatic rings. The van der Waals surface area contributed by atoms with Gasteiger partial charge in [0, 0.05) is 38.2 Å². The van der Waals surface area contributed by atoms with Crippen LogP contribution in [0.1, 0.15) is 15.9 Å². The first-order chi connectivity index (χ1) is 11.7. The summed E-state index contributed by atoms with van der Waals surface area (Å²) in [5.74, 6) is 0.484. The third kappa shape index (κ3) is 4.32. The number of rotatable bonds is 5. The predicted octanol–water partition coefficient (Wildman–Crippen LogP) is 2.49. The van der Waals surface area contributed by atoms with Gasteiger partial charge in [0.25, 0.3) is 5.91 Å². The molecule has 2 aromatic carbocycles. The molecule has 0 aromatic heterocycles. The normalized spacial score (nSPS) is 14.5. The van der Waals surface area contributed by atoms with Gasteiger partial charge in [0.15, 0.2) is 0 Å². The standard InChI is InChI=1S/C19H21FN2O2/c20-17-6-4-15(5-7-17)8-13-24-18-3-1-2-16(14-18)19(23)22-11-9-21-10-12-22/h1-7,14,21H,8-13H2. The molecule has 2 aromatic rings. The molecule has 1 amide bonds. The zero-order valence-corrected chi connectivity index (χ0v) is 13.5. The lowest BCUT2D eigenvalue weighted by Gasteiger charge is -2.27. The fraction of sp³-hybridized carbons (Fsp3) is 0.316. The molecule has 1 N–H and O–H groups in total. The van der Waals surface area contributed by atoms with E-state index in [1.807, 2.05) is 23.1 Å². The number of piperazine rings is 1. The zero-order chi connectivity index (χ0) is 16.8. The first-order valence-electron chi connectivity index (χ1n) is 8.20. The number of hydrogen-bond donors (Lipinski definition) is 1. The topological polar surface area (TPSA) is 41.6 Å². The van der Waals surface area contributed by atoms with Crippen molar-refractivity contribution in [1.82, 2.24) is 10.2 Å². The summed E-state index contributed by atoms with van der Waals surface area (Å²) in [7, 11) is 0. The van der Waals surface area contributed by atoms with Crippen molar-refractivity contribution >= 4 is 5.91 Å². The van der Waals surface area contributed by atoms with Crippen LogP contribution in [0.3, 0.4) is 0 Å². The third-order valence-corrected chi connectivity index (χ3v) is 4.06. The summed E-state index contributed by atoms with van der Waals surface area (Å²) in [5.41, 5.74) is 1.67. The van der Waals surface area contributed by atoms with Crippen molar-refractivity contribution in [3.63, 3.8) is 0 Å². The Labute approximate surface area is 141 Å². The summed E-state index contributed by atoms with van der Waals surface area (Å²) in [6.45, 7) is 3.61. The van der Waals surface area contributed by atoms with Gasteiger partial charge in [0.2, 0.25) is 0 Å². The number of nitrogens with one attached hydrogen (secondary N) is 1. The second kappa shape index (κ2) is 7.93. The largest absolute Gasteiger partial charge is 0.493 e. The minimum absolute atomic E-state index is 0.0421. The lowest BCUT2D eigenvalue weighted by atomic mass is 10.1. The van der Waals surface area contributed by atoms with Crippen molar-refractivity contribution < 1.29 is 13.9 Å². The monoisotopic (exact) mass is 328 g/mol. The molecule has 0 atom stereocenters. The molecule has 0 bridgehead atoms.